The van der Waals surface area contributed by atoms with Gasteiger partial charge in [-0.25, -0.2) is 0 Å². The number of benzene rings is 1. The highest BCUT2D eigenvalue weighted by Gasteiger charge is 2.23. The number of tetrazole rings is 1. The van der Waals surface area contributed by atoms with E-state index >= 15 is 0 Å². The molecule has 0 unspecified atom stereocenters. The molecule has 2 N–H and O–H groups in total. The van der Waals surface area contributed by atoms with Crippen molar-refractivity contribution < 1.29 is 9.53 Å². The van der Waals surface area contributed by atoms with Crippen LogP contribution in [0.1, 0.15) is 24.8 Å². The van der Waals surface area contributed by atoms with Gasteiger partial charge in [-0.2, -0.15) is 4.80 Å². The molecular formula is C18H26N6O2. The Morgan fingerprint density at radius 2 is 2.00 bits per heavy atom. The van der Waals surface area contributed by atoms with Gasteiger partial charge in [-0.05, 0) is 37.9 Å². The van der Waals surface area contributed by atoms with E-state index < -0.39 is 0 Å². The number of carbonyl (C=O) groups excluding carboxylic acids is 1. The summed E-state index contributed by atoms with van der Waals surface area (Å²) in [4.78, 5) is 15.7. The van der Waals surface area contributed by atoms with Crippen LogP contribution in [0.4, 0.5) is 0 Å². The molecule has 26 heavy (non-hydrogen) atoms. The fourth-order valence-electron chi connectivity index (χ4n) is 2.95. The van der Waals surface area contributed by atoms with Crippen LogP contribution >= 0.6 is 0 Å². The molecule has 8 nitrogen and oxygen atoms in total. The Morgan fingerprint density at radius 1 is 1.27 bits per heavy atom. The van der Waals surface area contributed by atoms with Crippen molar-refractivity contribution >= 4 is 5.91 Å². The van der Waals surface area contributed by atoms with Crippen molar-refractivity contribution in [2.45, 2.75) is 38.8 Å². The minimum absolute atomic E-state index is 0.0123. The van der Waals surface area contributed by atoms with Crippen LogP contribution in [0.25, 0.3) is 11.4 Å². The number of rotatable bonds is 7. The molecule has 0 saturated carbocycles. The molecule has 0 aliphatic carbocycles. The molecular weight excluding hydrogens is 332 g/mol. The Balaban J connectivity index is 1.49. The summed E-state index contributed by atoms with van der Waals surface area (Å²) in [5.74, 6) is 0.545. The highest BCUT2D eigenvalue weighted by Crippen LogP contribution is 2.16. The summed E-state index contributed by atoms with van der Waals surface area (Å²) in [6.07, 6.45) is 2.81. The Kier molecular flexibility index (Phi) is 6.30. The standard InChI is InChI=1S/C18H26N6O2/c1-14-3-5-15(6-4-14)18-20-22-24(21-18)13-17(25)23-10-7-16(8-11-23)26-12-2-9-19/h3-6,16H,2,7-13,19H2,1H3. The lowest BCUT2D eigenvalue weighted by atomic mass is 10.1. The first-order valence-corrected chi connectivity index (χ1v) is 9.10. The number of nitrogens with zero attached hydrogens (tertiary/aromatic N) is 5. The second-order valence-electron chi connectivity index (χ2n) is 6.60. The maximum Gasteiger partial charge on any atom is 0.246 e. The Labute approximate surface area is 153 Å². The first kappa shape index (κ1) is 18.5. The third-order valence-corrected chi connectivity index (χ3v) is 4.54. The van der Waals surface area contributed by atoms with Gasteiger partial charge in [-0.3, -0.25) is 4.79 Å². The largest absolute Gasteiger partial charge is 0.378 e. The van der Waals surface area contributed by atoms with E-state index in [4.69, 9.17) is 10.5 Å². The molecule has 1 aliphatic rings. The van der Waals surface area contributed by atoms with Crippen LogP contribution in [-0.4, -0.2) is 63.4 Å². The van der Waals surface area contributed by atoms with Crippen LogP contribution < -0.4 is 5.73 Å². The van der Waals surface area contributed by atoms with Crippen molar-refractivity contribution in [3.05, 3.63) is 29.8 Å². The van der Waals surface area contributed by atoms with Crippen molar-refractivity contribution in [3.8, 4) is 11.4 Å². The molecule has 140 valence electrons. The van der Waals surface area contributed by atoms with Gasteiger partial charge in [0.05, 0.1) is 6.10 Å². The first-order chi connectivity index (χ1) is 12.7. The Bertz CT molecular complexity index is 707. The lowest BCUT2D eigenvalue weighted by molar-refractivity contribution is -0.134. The number of hydrogen-bond acceptors (Lipinski definition) is 6. The molecule has 1 aromatic heterocycles. The number of likely N-dealkylation sites (tertiary alicyclic amines) is 1. The van der Waals surface area contributed by atoms with Crippen LogP contribution in [0.2, 0.25) is 0 Å². The van der Waals surface area contributed by atoms with E-state index in [1.807, 2.05) is 36.1 Å². The molecule has 2 aromatic rings. The number of nitrogens with two attached hydrogens (primary N) is 1. The summed E-state index contributed by atoms with van der Waals surface area (Å²) < 4.78 is 5.77. The number of hydrogen-bond donors (Lipinski definition) is 1. The molecule has 2 heterocycles. The number of amides is 1. The number of aryl methyl sites for hydroxylation is 1. The zero-order chi connectivity index (χ0) is 18.4. The molecule has 1 fully saturated rings. The molecule has 0 radical (unpaired) electrons. The molecule has 3 rings (SSSR count). The smallest absolute Gasteiger partial charge is 0.246 e. The normalized spacial score (nSPS) is 15.4. The molecule has 1 aliphatic heterocycles. The summed E-state index contributed by atoms with van der Waals surface area (Å²) in [7, 11) is 0. The third-order valence-electron chi connectivity index (χ3n) is 4.54. The van der Waals surface area contributed by atoms with Gasteiger partial charge < -0.3 is 15.4 Å². The average Bonchev–Trinajstić information content (AvgIpc) is 3.11. The summed E-state index contributed by atoms with van der Waals surface area (Å²) >= 11 is 0. The molecule has 0 atom stereocenters. The van der Waals surface area contributed by atoms with Gasteiger partial charge in [-0.15, -0.1) is 10.2 Å². The van der Waals surface area contributed by atoms with E-state index in [0.29, 0.717) is 32.1 Å². The van der Waals surface area contributed by atoms with Gasteiger partial charge >= 0.3 is 0 Å². The summed E-state index contributed by atoms with van der Waals surface area (Å²) in [5, 5.41) is 12.4. The zero-order valence-corrected chi connectivity index (χ0v) is 15.2. The first-order valence-electron chi connectivity index (χ1n) is 9.10. The van der Waals surface area contributed by atoms with E-state index in [1.165, 1.54) is 10.4 Å². The van der Waals surface area contributed by atoms with Crippen molar-refractivity contribution in [2.75, 3.05) is 26.2 Å². The highest BCUT2D eigenvalue weighted by atomic mass is 16.5. The average molecular weight is 358 g/mol. The van der Waals surface area contributed by atoms with E-state index in [9.17, 15) is 4.79 Å². The highest BCUT2D eigenvalue weighted by molar-refractivity contribution is 5.75. The van der Waals surface area contributed by atoms with Crippen LogP contribution in [0.5, 0.6) is 0 Å². The Morgan fingerprint density at radius 3 is 2.69 bits per heavy atom. The van der Waals surface area contributed by atoms with Crippen molar-refractivity contribution in [3.63, 3.8) is 0 Å². The summed E-state index contributed by atoms with van der Waals surface area (Å²) in [5.41, 5.74) is 7.54. The van der Waals surface area contributed by atoms with Gasteiger partial charge in [-0.1, -0.05) is 29.8 Å². The number of piperidine rings is 1. The van der Waals surface area contributed by atoms with Gasteiger partial charge in [0.25, 0.3) is 0 Å². The van der Waals surface area contributed by atoms with E-state index in [2.05, 4.69) is 15.4 Å². The van der Waals surface area contributed by atoms with Crippen molar-refractivity contribution in [1.29, 1.82) is 0 Å². The maximum atomic E-state index is 12.5. The minimum Gasteiger partial charge on any atom is -0.378 e. The van der Waals surface area contributed by atoms with E-state index in [-0.39, 0.29) is 18.6 Å². The Hall–Kier alpha value is -2.32. The second-order valence-corrected chi connectivity index (χ2v) is 6.60. The van der Waals surface area contributed by atoms with Crippen LogP contribution in [0, 0.1) is 6.92 Å². The number of ether oxygens (including phenoxy) is 1. The maximum absolute atomic E-state index is 12.5. The SMILES string of the molecule is Cc1ccc(-c2nnn(CC(=O)N3CCC(OCCCN)CC3)n2)cc1. The van der Waals surface area contributed by atoms with Crippen LogP contribution in [-0.2, 0) is 16.1 Å². The monoisotopic (exact) mass is 358 g/mol. The minimum atomic E-state index is 0.0123. The van der Waals surface area contributed by atoms with Gasteiger partial charge in [0.15, 0.2) is 0 Å². The van der Waals surface area contributed by atoms with Crippen molar-refractivity contribution in [1.82, 2.24) is 25.1 Å². The molecule has 0 spiro atoms. The summed E-state index contributed by atoms with van der Waals surface area (Å²) in [6.45, 7) is 4.88. The van der Waals surface area contributed by atoms with Crippen LogP contribution in [0.3, 0.4) is 0 Å². The predicted octanol–water partition coefficient (Wildman–Crippen LogP) is 1.00. The fraction of sp³-hybridized carbons (Fsp3) is 0.556. The van der Waals surface area contributed by atoms with E-state index in [1.54, 1.807) is 0 Å². The third kappa shape index (κ3) is 4.86. The molecule has 8 heteroatoms. The van der Waals surface area contributed by atoms with Crippen molar-refractivity contribution in [2.24, 2.45) is 5.73 Å². The zero-order valence-electron chi connectivity index (χ0n) is 15.2. The lowest BCUT2D eigenvalue weighted by Gasteiger charge is -2.31. The number of carbonyl (C=O) groups is 1. The summed E-state index contributed by atoms with van der Waals surface area (Å²) in [6, 6.07) is 7.91. The van der Waals surface area contributed by atoms with E-state index in [0.717, 1.165) is 24.8 Å². The molecule has 1 saturated heterocycles. The van der Waals surface area contributed by atoms with Crippen LogP contribution in [0.15, 0.2) is 24.3 Å². The van der Waals surface area contributed by atoms with Gasteiger partial charge in [0.1, 0.15) is 6.54 Å². The molecule has 1 amide bonds. The quantitative estimate of drug-likeness (QED) is 0.742. The molecule has 0 bridgehead atoms. The lowest BCUT2D eigenvalue weighted by Crippen LogP contribution is -2.42. The second kappa shape index (κ2) is 8.86. The van der Waals surface area contributed by atoms with Gasteiger partial charge in [0, 0.05) is 25.3 Å². The van der Waals surface area contributed by atoms with Gasteiger partial charge in [0.2, 0.25) is 11.7 Å². The topological polar surface area (TPSA) is 99.2 Å². The molecule has 1 aromatic carbocycles. The number of aromatic nitrogens is 4. The predicted molar refractivity (Wildman–Crippen MR) is 97.2 cm³/mol. The fourth-order valence-corrected chi connectivity index (χ4v) is 2.95.